The van der Waals surface area contributed by atoms with Gasteiger partial charge in [0.05, 0.1) is 55.1 Å². The molecule has 0 bridgehead atoms. The second-order valence-electron chi connectivity index (χ2n) is 33.9. The molecular formula is C91H99F3N8O25. The first kappa shape index (κ1) is 93.3. The van der Waals surface area contributed by atoms with E-state index in [-0.39, 0.29) is 95.4 Å². The molecule has 674 valence electrons. The quantitative estimate of drug-likeness (QED) is 0.0209. The predicted octanol–water partition coefficient (Wildman–Crippen LogP) is 5.53. The zero-order chi connectivity index (χ0) is 93.8. The van der Waals surface area contributed by atoms with Gasteiger partial charge in [0, 0.05) is 78.0 Å². The Morgan fingerprint density at radius 1 is 0.567 bits per heavy atom. The van der Waals surface area contributed by atoms with Crippen LogP contribution in [0.3, 0.4) is 0 Å². The second-order valence-corrected chi connectivity index (χ2v) is 33.9. The molecule has 3 unspecified atom stereocenters. The molecule has 0 saturated heterocycles. The number of nitrogens with two attached hydrogens (primary N) is 3. The summed E-state index contributed by atoms with van der Waals surface area (Å²) < 4.78 is 50.3. The van der Waals surface area contributed by atoms with E-state index in [0.29, 0.717) is 67.9 Å². The maximum atomic E-state index is 14.1. The molecule has 5 aromatic rings. The fraction of sp³-hybridized carbons (Fsp3) is 0.385. The highest BCUT2D eigenvalue weighted by Crippen LogP contribution is 2.59. The Kier molecular flexibility index (Phi) is 25.4. The van der Waals surface area contributed by atoms with Gasteiger partial charge in [0.1, 0.15) is 80.3 Å². The standard InChI is InChI=1S/C32H34N2O9.C31H30N2O9.C28H35F3N4O7/c1-5-6-20(35)14-7-10-22(43-4)17(11-14)16-8-9-21(36)24-18(16)12-15-13-19-26(34(2)3)28(38)25(31(33)41)30(40)32(19,42)29(39)23(15)27(24)37;1-33(2)25-19-13-16-12-18-17(15-6-4-5-14(11-15)7-10-21(35)42-3)8-9-20(34)23(18)26(36)22(16)28(38)31(19,41)29(39)24(27(25)37)30(32)40;1-6-16(28(29,30)31)33-10-12-9-15(34(2)3)13-7-11-8-14-20(35(4)5)23(38)19(26(32)41)25(40)27(14,42)24(39)17(11)22(37)18(13)21(12)36/h5,7-11,15,19-20,26,35-37,40,42H,1,6,12-13H2,2-4H3,(H2,33,41);4-11,16,19,25,34,36,39,41H,12-13H2,1-3H3,(H2,32,40);9,11,14,16,20,33,36-37,40,42H,6-8,10H2,1-5H3,(H2,32,41)/b;10-7+;/t15-,19-,20?,26-,32-;16-,19-,25-,31-;11-,14-,16?,20?,27-/m000/s1. The van der Waals surface area contributed by atoms with Gasteiger partial charge >= 0.3 is 12.1 Å². The third kappa shape index (κ3) is 15.2. The number of fused-ring (bicyclic) bond motifs is 9. The number of rotatable bonds is 19. The van der Waals surface area contributed by atoms with Gasteiger partial charge in [-0.05, 0) is 198 Å². The molecule has 0 radical (unpaired) electrons. The lowest BCUT2D eigenvalue weighted by Gasteiger charge is -2.50. The number of halogens is 3. The lowest BCUT2D eigenvalue weighted by molar-refractivity contribution is -0.157. The van der Waals surface area contributed by atoms with Crippen LogP contribution in [0, 0.1) is 35.5 Å². The van der Waals surface area contributed by atoms with Gasteiger partial charge in [-0.3, -0.25) is 57.9 Å². The Labute approximate surface area is 725 Å². The number of methoxy groups -OCH3 is 2. The largest absolute Gasteiger partial charge is 0.508 e. The number of hydrogen-bond donors (Lipinski definition) is 17. The molecular weight excluding hydrogens is 1660 g/mol. The Morgan fingerprint density at radius 3 is 1.37 bits per heavy atom. The summed E-state index contributed by atoms with van der Waals surface area (Å²) in [6.07, 6.45) is -0.656. The van der Waals surface area contributed by atoms with Gasteiger partial charge in [0.15, 0.2) is 34.2 Å². The fourth-order valence-corrected chi connectivity index (χ4v) is 20.1. The molecule has 33 nitrogen and oxygen atoms in total. The van der Waals surface area contributed by atoms with Gasteiger partial charge in [0.2, 0.25) is 17.3 Å². The van der Waals surface area contributed by atoms with Crippen molar-refractivity contribution in [2.45, 2.75) is 118 Å². The number of phenols is 3. The number of ether oxygens (including phenoxy) is 2. The maximum Gasteiger partial charge on any atom is 0.403 e. The Hall–Kier alpha value is -12.8. The van der Waals surface area contributed by atoms with Gasteiger partial charge in [-0.1, -0.05) is 49.4 Å². The van der Waals surface area contributed by atoms with E-state index in [9.17, 15) is 128 Å². The maximum absolute atomic E-state index is 14.1. The number of phenolic OH excluding ortho intramolecular Hbond substituents is 3. The van der Waals surface area contributed by atoms with E-state index in [4.69, 9.17) is 21.9 Å². The molecule has 9 aliphatic carbocycles. The molecule has 0 aromatic heterocycles. The van der Waals surface area contributed by atoms with Crippen molar-refractivity contribution < 1.29 is 137 Å². The van der Waals surface area contributed by atoms with E-state index in [2.05, 4.69) is 16.6 Å². The molecule has 9 aliphatic rings. The van der Waals surface area contributed by atoms with Gasteiger partial charge in [-0.15, -0.1) is 6.58 Å². The molecule has 14 rings (SSSR count). The molecule has 0 aliphatic heterocycles. The minimum absolute atomic E-state index is 0.000652. The number of carbonyl (C=O) groups excluding carboxylic acids is 10. The topological polar surface area (TPSA) is 555 Å². The van der Waals surface area contributed by atoms with Crippen LogP contribution in [0.15, 0.2) is 142 Å². The van der Waals surface area contributed by atoms with Crippen molar-refractivity contribution in [3.05, 3.63) is 192 Å². The van der Waals surface area contributed by atoms with Crippen LogP contribution in [0.1, 0.15) is 95.2 Å². The number of primary amides is 3. The smallest absolute Gasteiger partial charge is 0.403 e. The summed E-state index contributed by atoms with van der Waals surface area (Å²) in [6, 6.07) is 14.5. The number of benzene rings is 5. The van der Waals surface area contributed by atoms with Crippen molar-refractivity contribution in [1.82, 2.24) is 20.0 Å². The fourth-order valence-electron chi connectivity index (χ4n) is 20.1. The predicted molar refractivity (Wildman–Crippen MR) is 452 cm³/mol. The first-order chi connectivity index (χ1) is 59.5. The molecule has 20 N–H and O–H groups in total. The number of aliphatic hydroxyl groups excluding tert-OH is 7. The summed E-state index contributed by atoms with van der Waals surface area (Å²) in [6.45, 7) is 4.62. The van der Waals surface area contributed by atoms with Gasteiger partial charge in [0.25, 0.3) is 17.7 Å². The second kappa shape index (κ2) is 34.5. The molecule has 0 heterocycles. The normalized spacial score (nSPS) is 25.9. The van der Waals surface area contributed by atoms with Gasteiger partial charge in [-0.25, -0.2) is 4.79 Å². The summed E-state index contributed by atoms with van der Waals surface area (Å²) in [5.41, 5.74) is 9.94. The van der Waals surface area contributed by atoms with Gasteiger partial charge < -0.3 is 103 Å². The third-order valence-corrected chi connectivity index (χ3v) is 25.9. The highest BCUT2D eigenvalue weighted by molar-refractivity contribution is 6.27. The number of esters is 1. The zero-order valence-electron chi connectivity index (χ0n) is 70.9. The number of ketones is 6. The highest BCUT2D eigenvalue weighted by Gasteiger charge is 2.68. The molecule has 0 spiro atoms. The van der Waals surface area contributed by atoms with Crippen molar-refractivity contribution in [3.8, 4) is 45.3 Å². The Morgan fingerprint density at radius 2 is 0.984 bits per heavy atom. The summed E-state index contributed by atoms with van der Waals surface area (Å²) in [4.78, 5) is 136. The monoisotopic (exact) mass is 1760 g/mol. The minimum atomic E-state index is -4.54. The van der Waals surface area contributed by atoms with Crippen LogP contribution in [0.5, 0.6) is 23.0 Å². The Bertz CT molecular complexity index is 5820. The van der Waals surface area contributed by atoms with Crippen LogP contribution in [0.2, 0.25) is 0 Å². The van der Waals surface area contributed by atoms with Gasteiger partial charge in [-0.2, -0.15) is 13.2 Å². The van der Waals surface area contributed by atoms with Crippen LogP contribution < -0.4 is 32.2 Å². The SMILES string of the molecule is C=CCC(O)c1ccc(OC)c(-c2ccc(O)c3c2C[C@H]2C[C@H]4[C@H](N(C)C)C(=O)C(C(N)=O)=C(O)[C@@]4(O)C(=O)C2=C3O)c1.CCC(NCc1cc(N(C)C)c2c(c1O)C(O)=C1C(=O)[C@]3(O)C(O)=C(C(N)=O)C(=O)C(N(C)C)[C@@H]3C[C@@H]1C2)C(F)(F)F.COC(=O)/C=C/c1cccc(-c2ccc(O)c3c2C[C@H]2C[C@H]4[C@H](N(C)C)C(=O)C(C(N)=O)=C(O)[C@@]4(O)C(=O)C2=C3O)c1. The number of anilines is 1. The number of likely N-dealkylation sites (N-methyl/N-ethyl adjacent to an activating group) is 3. The molecule has 5 aromatic carbocycles. The number of amides is 3. The number of nitrogens with zero attached hydrogens (tertiary/aromatic N) is 4. The van der Waals surface area contributed by atoms with Crippen LogP contribution in [-0.4, -0.2) is 257 Å². The van der Waals surface area contributed by atoms with E-state index in [1.807, 2.05) is 12.1 Å². The average Bonchev–Trinajstić information content (AvgIpc) is 0.704. The van der Waals surface area contributed by atoms with Crippen molar-refractivity contribution in [3.63, 3.8) is 0 Å². The van der Waals surface area contributed by atoms with Crippen LogP contribution >= 0.6 is 0 Å². The van der Waals surface area contributed by atoms with E-state index < -0.39 is 211 Å². The summed E-state index contributed by atoms with van der Waals surface area (Å²) in [5, 5.41) is 149. The number of Topliss-reactive ketones (excluding diaryl/α,β-unsaturated/α-hetero) is 6. The number of aromatic hydroxyl groups is 3. The number of carbonyl (C=O) groups is 10. The van der Waals surface area contributed by atoms with E-state index >= 15 is 0 Å². The Balaban J connectivity index is 0.000000173. The third-order valence-electron chi connectivity index (χ3n) is 25.9. The number of hydrogen-bond acceptors (Lipinski definition) is 30. The number of alkyl halides is 3. The molecule has 3 amide bonds. The lowest BCUT2D eigenvalue weighted by Crippen LogP contribution is -2.65. The zero-order valence-corrected chi connectivity index (χ0v) is 70.9. The first-order valence-corrected chi connectivity index (χ1v) is 40.3. The van der Waals surface area contributed by atoms with E-state index in [1.54, 1.807) is 102 Å². The average molecular weight is 1760 g/mol. The van der Waals surface area contributed by atoms with Crippen molar-refractivity contribution in [2.24, 2.45) is 52.7 Å². The molecule has 127 heavy (non-hydrogen) atoms. The number of nitrogens with one attached hydrogen (secondary N) is 1. The molecule has 3 fully saturated rings. The van der Waals surface area contributed by atoms with Crippen molar-refractivity contribution in [1.29, 1.82) is 0 Å². The first-order valence-electron chi connectivity index (χ1n) is 40.3. The van der Waals surface area contributed by atoms with Crippen LogP contribution in [-0.2, 0) is 78.5 Å². The van der Waals surface area contributed by atoms with Crippen molar-refractivity contribution in [2.75, 3.05) is 75.5 Å². The molecule has 3 saturated carbocycles. The molecule has 14 atom stereocenters. The summed E-state index contributed by atoms with van der Waals surface area (Å²) in [7, 11) is 15.3. The minimum Gasteiger partial charge on any atom is -0.508 e. The highest BCUT2D eigenvalue weighted by atomic mass is 19.4. The lowest BCUT2D eigenvalue weighted by atomic mass is 9.57. The summed E-state index contributed by atoms with van der Waals surface area (Å²) >= 11 is 0. The van der Waals surface area contributed by atoms with Crippen LogP contribution in [0.4, 0.5) is 18.9 Å². The van der Waals surface area contributed by atoms with E-state index in [0.717, 1.165) is 0 Å². The number of aliphatic hydroxyl groups is 10. The summed E-state index contributed by atoms with van der Waals surface area (Å²) in [5.74, 6) is -22.0. The van der Waals surface area contributed by atoms with Crippen molar-refractivity contribution >= 4 is 87.4 Å². The molecule has 36 heteroatoms. The van der Waals surface area contributed by atoms with E-state index in [1.165, 1.54) is 74.2 Å². The van der Waals surface area contributed by atoms with Crippen LogP contribution in [0.25, 0.3) is 45.6 Å².